The molecule has 0 atom stereocenters. The Hall–Kier alpha value is -1.33. The summed E-state index contributed by atoms with van der Waals surface area (Å²) in [4.78, 5) is 13.0. The molecule has 3 saturated carbocycles. The molecule has 2 N–H and O–H groups in total. The van der Waals surface area contributed by atoms with E-state index in [-0.39, 0.29) is 12.5 Å². The van der Waals surface area contributed by atoms with E-state index in [2.05, 4.69) is 25.8 Å². The Morgan fingerprint density at radius 1 is 1.27 bits per heavy atom. The van der Waals surface area contributed by atoms with E-state index in [1.807, 2.05) is 24.4 Å². The highest BCUT2D eigenvalue weighted by Gasteiger charge is 2.40. The summed E-state index contributed by atoms with van der Waals surface area (Å²) < 4.78 is 3.02. The highest BCUT2D eigenvalue weighted by Crippen LogP contribution is 2.49. The molecule has 5 heteroatoms. The summed E-state index contributed by atoms with van der Waals surface area (Å²) in [6.07, 6.45) is 10.4. The molecule has 5 rings (SSSR count). The maximum atomic E-state index is 13.0. The number of benzene rings is 1. The van der Waals surface area contributed by atoms with Gasteiger partial charge in [-0.05, 0) is 68.4 Å². The lowest BCUT2D eigenvalue weighted by Gasteiger charge is -2.46. The largest absolute Gasteiger partial charge is 0.396 e. The second-order valence-electron chi connectivity index (χ2n) is 8.11. The lowest BCUT2D eigenvalue weighted by molar-refractivity contribution is 0.0598. The zero-order chi connectivity index (χ0) is 18.1. The van der Waals surface area contributed by atoms with Crippen LogP contribution in [0.15, 0.2) is 28.9 Å². The van der Waals surface area contributed by atoms with Crippen molar-refractivity contribution in [2.24, 2.45) is 11.3 Å². The molecule has 140 valence electrons. The number of hydrogen-bond donors (Lipinski definition) is 2. The molecule has 0 saturated heterocycles. The number of rotatable bonds is 6. The molecule has 3 fully saturated rings. The van der Waals surface area contributed by atoms with Crippen molar-refractivity contribution in [2.45, 2.75) is 51.5 Å². The number of aliphatic hydroxyl groups excluding tert-OH is 1. The third-order valence-corrected chi connectivity index (χ3v) is 7.19. The summed E-state index contributed by atoms with van der Waals surface area (Å²) in [5.41, 5.74) is 2.09. The first-order valence-corrected chi connectivity index (χ1v) is 10.6. The van der Waals surface area contributed by atoms with Gasteiger partial charge in [0.25, 0.3) is 5.91 Å². The number of aryl methyl sites for hydroxylation is 1. The van der Waals surface area contributed by atoms with Gasteiger partial charge in [-0.25, -0.2) is 0 Å². The molecule has 1 amide bonds. The maximum Gasteiger partial charge on any atom is 0.253 e. The highest BCUT2D eigenvalue weighted by atomic mass is 79.9. The minimum absolute atomic E-state index is 0.0201. The van der Waals surface area contributed by atoms with Crippen LogP contribution < -0.4 is 5.32 Å². The van der Waals surface area contributed by atoms with Crippen LogP contribution in [-0.2, 0) is 6.54 Å². The first-order valence-electron chi connectivity index (χ1n) is 9.78. The molecule has 0 spiro atoms. The van der Waals surface area contributed by atoms with Crippen molar-refractivity contribution < 1.29 is 9.90 Å². The van der Waals surface area contributed by atoms with Crippen LogP contribution in [0.5, 0.6) is 0 Å². The summed E-state index contributed by atoms with van der Waals surface area (Å²) in [7, 11) is 0. The van der Waals surface area contributed by atoms with E-state index in [4.69, 9.17) is 5.11 Å². The normalized spacial score (nSPS) is 24.9. The zero-order valence-corrected chi connectivity index (χ0v) is 16.7. The number of hydrogen-bond acceptors (Lipinski definition) is 2. The van der Waals surface area contributed by atoms with Crippen molar-refractivity contribution in [1.29, 1.82) is 0 Å². The fourth-order valence-corrected chi connectivity index (χ4v) is 5.44. The summed E-state index contributed by atoms with van der Waals surface area (Å²) in [6, 6.07) is 6.01. The van der Waals surface area contributed by atoms with E-state index >= 15 is 0 Å². The topological polar surface area (TPSA) is 54.3 Å². The molecule has 1 aromatic carbocycles. The van der Waals surface area contributed by atoms with Crippen molar-refractivity contribution in [3.63, 3.8) is 0 Å². The van der Waals surface area contributed by atoms with Gasteiger partial charge < -0.3 is 15.0 Å². The molecule has 2 aromatic rings. The van der Waals surface area contributed by atoms with Crippen LogP contribution in [0, 0.1) is 11.3 Å². The number of nitrogens with one attached hydrogen (secondary N) is 1. The van der Waals surface area contributed by atoms with Crippen molar-refractivity contribution in [1.82, 2.24) is 9.88 Å². The number of halogens is 1. The van der Waals surface area contributed by atoms with Crippen LogP contribution in [0.3, 0.4) is 0 Å². The molecule has 1 aromatic heterocycles. The predicted octanol–water partition coefficient (Wildman–Crippen LogP) is 4.49. The molecule has 0 radical (unpaired) electrons. The van der Waals surface area contributed by atoms with Gasteiger partial charge in [0.2, 0.25) is 0 Å². The minimum Gasteiger partial charge on any atom is -0.396 e. The predicted molar refractivity (Wildman–Crippen MR) is 107 cm³/mol. The molecular formula is C21H27BrN2O2. The lowest BCUT2D eigenvalue weighted by atomic mass is 9.61. The van der Waals surface area contributed by atoms with Crippen LogP contribution >= 0.6 is 15.9 Å². The second kappa shape index (κ2) is 7.35. The smallest absolute Gasteiger partial charge is 0.253 e. The fourth-order valence-electron chi connectivity index (χ4n) is 4.87. The number of carbonyl (C=O) groups excluding carboxylic acids is 1. The van der Waals surface area contributed by atoms with E-state index in [0.29, 0.717) is 18.4 Å². The number of carbonyl (C=O) groups is 1. The fraction of sp³-hybridized carbons (Fsp3) is 0.571. The quantitative estimate of drug-likeness (QED) is 0.725. The van der Waals surface area contributed by atoms with Gasteiger partial charge in [0, 0.05) is 41.3 Å². The van der Waals surface area contributed by atoms with Gasteiger partial charge in [-0.1, -0.05) is 22.0 Å². The van der Waals surface area contributed by atoms with Crippen molar-refractivity contribution in [3.05, 3.63) is 34.4 Å². The molecule has 3 aliphatic carbocycles. The van der Waals surface area contributed by atoms with Gasteiger partial charge in [0.1, 0.15) is 0 Å². The van der Waals surface area contributed by atoms with Crippen LogP contribution in [0.4, 0.5) is 0 Å². The summed E-state index contributed by atoms with van der Waals surface area (Å²) in [6.45, 7) is 1.66. The van der Waals surface area contributed by atoms with Crippen molar-refractivity contribution in [2.75, 3.05) is 13.2 Å². The lowest BCUT2D eigenvalue weighted by Crippen LogP contribution is -2.43. The highest BCUT2D eigenvalue weighted by molar-refractivity contribution is 9.10. The first kappa shape index (κ1) is 18.1. The standard InChI is InChI=1S/C21H27BrN2O2/c22-17-3-1-4-18-19(17)16(13-24(18)11-2-12-25)20(26)23-14-21-8-5-15(6-9-21)7-10-21/h1,3-4,13,15,25H,2,5-12,14H2,(H,23,26). The Labute approximate surface area is 163 Å². The Balaban J connectivity index is 1.56. The molecule has 1 heterocycles. The summed E-state index contributed by atoms with van der Waals surface area (Å²) in [5.74, 6) is 0.958. The van der Waals surface area contributed by atoms with Crippen LogP contribution in [-0.4, -0.2) is 28.7 Å². The van der Waals surface area contributed by atoms with E-state index in [9.17, 15) is 4.79 Å². The Kier molecular flexibility index (Phi) is 5.11. The van der Waals surface area contributed by atoms with Gasteiger partial charge in [-0.15, -0.1) is 0 Å². The Morgan fingerprint density at radius 3 is 2.69 bits per heavy atom. The van der Waals surface area contributed by atoms with Crippen LogP contribution in [0.1, 0.15) is 55.3 Å². The van der Waals surface area contributed by atoms with Gasteiger partial charge in [0.15, 0.2) is 0 Å². The monoisotopic (exact) mass is 418 g/mol. The minimum atomic E-state index is 0.0201. The third kappa shape index (κ3) is 3.31. The number of aliphatic hydroxyl groups is 1. The van der Waals surface area contributed by atoms with Gasteiger partial charge in [-0.3, -0.25) is 4.79 Å². The number of nitrogens with zero attached hydrogens (tertiary/aromatic N) is 1. The molecular weight excluding hydrogens is 392 g/mol. The van der Waals surface area contributed by atoms with Gasteiger partial charge >= 0.3 is 0 Å². The van der Waals surface area contributed by atoms with E-state index < -0.39 is 0 Å². The SMILES string of the molecule is O=C(NCC12CCC(CC1)CC2)c1cn(CCCO)c2cccc(Br)c12. The van der Waals surface area contributed by atoms with E-state index in [0.717, 1.165) is 33.4 Å². The average Bonchev–Trinajstić information content (AvgIpc) is 3.06. The van der Waals surface area contributed by atoms with Gasteiger partial charge in [0.05, 0.1) is 5.56 Å². The van der Waals surface area contributed by atoms with E-state index in [1.165, 1.54) is 38.5 Å². The zero-order valence-electron chi connectivity index (χ0n) is 15.1. The third-order valence-electron chi connectivity index (χ3n) is 6.53. The Morgan fingerprint density at radius 2 is 2.00 bits per heavy atom. The number of aromatic nitrogens is 1. The Bertz CT molecular complexity index is 792. The molecule has 26 heavy (non-hydrogen) atoms. The maximum absolute atomic E-state index is 13.0. The molecule has 0 aliphatic heterocycles. The molecule has 4 nitrogen and oxygen atoms in total. The van der Waals surface area contributed by atoms with Crippen LogP contribution in [0.2, 0.25) is 0 Å². The molecule has 2 bridgehead atoms. The molecule has 3 aliphatic rings. The van der Waals surface area contributed by atoms with Crippen molar-refractivity contribution >= 4 is 32.7 Å². The van der Waals surface area contributed by atoms with Crippen LogP contribution in [0.25, 0.3) is 10.9 Å². The summed E-state index contributed by atoms with van der Waals surface area (Å²) in [5, 5.41) is 13.4. The number of fused-ring (bicyclic) bond motifs is 4. The van der Waals surface area contributed by atoms with Gasteiger partial charge in [-0.2, -0.15) is 0 Å². The first-order chi connectivity index (χ1) is 12.6. The second-order valence-corrected chi connectivity index (χ2v) is 8.97. The summed E-state index contributed by atoms with van der Waals surface area (Å²) >= 11 is 3.61. The van der Waals surface area contributed by atoms with E-state index in [1.54, 1.807) is 0 Å². The number of amides is 1. The molecule has 0 unspecified atom stereocenters. The average molecular weight is 419 g/mol. The van der Waals surface area contributed by atoms with Crippen molar-refractivity contribution in [3.8, 4) is 0 Å².